The van der Waals surface area contributed by atoms with Crippen molar-refractivity contribution in [2.45, 2.75) is 58.7 Å². The van der Waals surface area contributed by atoms with Crippen LogP contribution in [-0.2, 0) is 13.1 Å². The maximum absolute atomic E-state index is 5.08. The lowest BCUT2D eigenvalue weighted by Gasteiger charge is -2.36. The van der Waals surface area contributed by atoms with E-state index in [-0.39, 0.29) is 0 Å². The van der Waals surface area contributed by atoms with Crippen LogP contribution < -0.4 is 0 Å². The molecule has 0 unspecified atom stereocenters. The van der Waals surface area contributed by atoms with Crippen LogP contribution in [0.15, 0.2) is 42.5 Å². The Kier molecular flexibility index (Phi) is 5.62. The molecular weight excluding hydrogens is 368 g/mol. The third kappa shape index (κ3) is 3.67. The molecule has 2 aromatic carbocycles. The predicted octanol–water partition coefficient (Wildman–Crippen LogP) is 5.09. The van der Waals surface area contributed by atoms with Crippen LogP contribution in [0.4, 0.5) is 0 Å². The first-order chi connectivity index (χ1) is 14.7. The van der Waals surface area contributed by atoms with E-state index in [9.17, 15) is 0 Å². The predicted molar refractivity (Wildman–Crippen MR) is 125 cm³/mol. The molecule has 1 aliphatic carbocycles. The number of fused-ring (bicyclic) bond motifs is 1. The topological polar surface area (TPSA) is 24.3 Å². The molecule has 3 aromatic rings. The van der Waals surface area contributed by atoms with E-state index < -0.39 is 0 Å². The van der Waals surface area contributed by atoms with Gasteiger partial charge in [0, 0.05) is 37.8 Å². The average Bonchev–Trinajstić information content (AvgIpc) is 2.88. The Labute approximate surface area is 180 Å². The molecule has 0 spiro atoms. The van der Waals surface area contributed by atoms with Crippen molar-refractivity contribution in [2.24, 2.45) is 0 Å². The second kappa shape index (κ2) is 8.52. The van der Waals surface area contributed by atoms with Gasteiger partial charge in [-0.15, -0.1) is 0 Å². The zero-order valence-electron chi connectivity index (χ0n) is 18.5. The van der Waals surface area contributed by atoms with E-state index in [0.717, 1.165) is 25.0 Å². The van der Waals surface area contributed by atoms with Crippen LogP contribution in [0.2, 0.25) is 0 Å². The van der Waals surface area contributed by atoms with Crippen LogP contribution in [0.5, 0.6) is 0 Å². The number of aromatic nitrogens is 2. The highest BCUT2D eigenvalue weighted by molar-refractivity contribution is 5.95. The smallest absolute Gasteiger partial charge is 0.141 e. The highest BCUT2D eigenvalue weighted by Crippen LogP contribution is 2.31. The number of hydrogen-bond donors (Lipinski definition) is 0. The number of rotatable bonds is 5. The van der Waals surface area contributed by atoms with Gasteiger partial charge in [-0.3, -0.25) is 9.80 Å². The molecule has 158 valence electrons. The van der Waals surface area contributed by atoms with E-state index in [2.05, 4.69) is 70.7 Å². The van der Waals surface area contributed by atoms with Crippen LogP contribution in [0.1, 0.15) is 44.0 Å². The van der Waals surface area contributed by atoms with Crippen molar-refractivity contribution < 1.29 is 0 Å². The highest BCUT2D eigenvalue weighted by atomic mass is 15.2. The fourth-order valence-corrected chi connectivity index (χ4v) is 5.25. The van der Waals surface area contributed by atoms with E-state index in [1.807, 2.05) is 0 Å². The fourth-order valence-electron chi connectivity index (χ4n) is 5.25. The first-order valence-electron chi connectivity index (χ1n) is 11.7. The summed E-state index contributed by atoms with van der Waals surface area (Å²) < 4.78 is 2.45. The summed E-state index contributed by atoms with van der Waals surface area (Å²) in [5.74, 6) is 1.12. The molecule has 5 rings (SSSR count). The molecule has 1 aliphatic heterocycles. The molecule has 2 heterocycles. The van der Waals surface area contributed by atoms with Gasteiger partial charge in [-0.2, -0.15) is 0 Å². The molecule has 2 fully saturated rings. The van der Waals surface area contributed by atoms with Crippen molar-refractivity contribution in [1.82, 2.24) is 19.4 Å². The number of benzene rings is 2. The van der Waals surface area contributed by atoms with E-state index >= 15 is 0 Å². The van der Waals surface area contributed by atoms with E-state index in [1.54, 1.807) is 0 Å². The molecule has 4 heteroatoms. The Morgan fingerprint density at radius 1 is 0.933 bits per heavy atom. The Morgan fingerprint density at radius 3 is 2.57 bits per heavy atom. The Bertz CT molecular complexity index is 1010. The standard InChI is InChI=1S/C26H34N4/c1-3-30-25(19-28-15-8-16-29(18-17-28)22-11-7-12-22)20(2)27-26(30)24-14-6-10-21-9-4-5-13-23(21)24/h4-6,9-10,13-14,22H,3,7-8,11-12,15-19H2,1-2H3. The molecule has 0 radical (unpaired) electrons. The number of hydrogen-bond acceptors (Lipinski definition) is 3. The van der Waals surface area contributed by atoms with Gasteiger partial charge in [-0.25, -0.2) is 4.98 Å². The van der Waals surface area contributed by atoms with Gasteiger partial charge in [0.05, 0.1) is 11.4 Å². The minimum absolute atomic E-state index is 0.867. The molecule has 30 heavy (non-hydrogen) atoms. The van der Waals surface area contributed by atoms with E-state index in [4.69, 9.17) is 4.98 Å². The van der Waals surface area contributed by atoms with Crippen molar-refractivity contribution in [3.8, 4) is 11.4 Å². The Balaban J connectivity index is 1.42. The lowest BCUT2D eigenvalue weighted by Crippen LogP contribution is -2.42. The van der Waals surface area contributed by atoms with Gasteiger partial charge < -0.3 is 4.57 Å². The Morgan fingerprint density at radius 2 is 1.77 bits per heavy atom. The van der Waals surface area contributed by atoms with Crippen LogP contribution in [-0.4, -0.2) is 51.6 Å². The van der Waals surface area contributed by atoms with Crippen LogP contribution in [0.3, 0.4) is 0 Å². The minimum Gasteiger partial charge on any atom is -0.327 e. The summed E-state index contributed by atoms with van der Waals surface area (Å²) in [5.41, 5.74) is 3.81. The van der Waals surface area contributed by atoms with Crippen molar-refractivity contribution in [1.29, 1.82) is 0 Å². The zero-order valence-corrected chi connectivity index (χ0v) is 18.5. The summed E-state index contributed by atoms with van der Waals surface area (Å²) in [6, 6.07) is 16.1. The molecule has 1 saturated carbocycles. The fraction of sp³-hybridized carbons (Fsp3) is 0.500. The second-order valence-corrected chi connectivity index (χ2v) is 8.99. The van der Waals surface area contributed by atoms with E-state index in [1.165, 1.54) is 79.6 Å². The summed E-state index contributed by atoms with van der Waals surface area (Å²) >= 11 is 0. The average molecular weight is 403 g/mol. The first kappa shape index (κ1) is 19.8. The van der Waals surface area contributed by atoms with Crippen molar-refractivity contribution >= 4 is 10.8 Å². The normalized spacial score (nSPS) is 19.1. The quantitative estimate of drug-likeness (QED) is 0.594. The van der Waals surface area contributed by atoms with Crippen LogP contribution >= 0.6 is 0 Å². The minimum atomic E-state index is 0.867. The second-order valence-electron chi connectivity index (χ2n) is 8.99. The number of aryl methyl sites for hydroxylation is 1. The van der Waals surface area contributed by atoms with Gasteiger partial charge in [0.2, 0.25) is 0 Å². The summed E-state index contributed by atoms with van der Waals surface area (Å²) in [6.07, 6.45) is 5.54. The van der Waals surface area contributed by atoms with Gasteiger partial charge in [0.25, 0.3) is 0 Å². The van der Waals surface area contributed by atoms with Gasteiger partial charge in [-0.1, -0.05) is 48.9 Å². The summed E-state index contributed by atoms with van der Waals surface area (Å²) in [6.45, 7) is 11.3. The molecule has 2 aliphatic rings. The first-order valence-corrected chi connectivity index (χ1v) is 11.7. The maximum atomic E-state index is 5.08. The van der Waals surface area contributed by atoms with Crippen molar-refractivity contribution in [2.75, 3.05) is 26.2 Å². The molecule has 0 N–H and O–H groups in total. The molecule has 1 aromatic heterocycles. The number of nitrogens with zero attached hydrogens (tertiary/aromatic N) is 4. The lowest BCUT2D eigenvalue weighted by molar-refractivity contribution is 0.130. The maximum Gasteiger partial charge on any atom is 0.141 e. The molecule has 4 nitrogen and oxygen atoms in total. The van der Waals surface area contributed by atoms with Gasteiger partial charge in [0.1, 0.15) is 5.82 Å². The van der Waals surface area contributed by atoms with E-state index in [0.29, 0.717) is 0 Å². The summed E-state index contributed by atoms with van der Waals surface area (Å²) in [7, 11) is 0. The lowest BCUT2D eigenvalue weighted by atomic mass is 9.91. The molecule has 0 bridgehead atoms. The van der Waals surface area contributed by atoms with Gasteiger partial charge in [0.15, 0.2) is 0 Å². The van der Waals surface area contributed by atoms with Crippen LogP contribution in [0, 0.1) is 6.92 Å². The van der Waals surface area contributed by atoms with Crippen LogP contribution in [0.25, 0.3) is 22.2 Å². The molecular formula is C26H34N4. The highest BCUT2D eigenvalue weighted by Gasteiger charge is 2.27. The zero-order chi connectivity index (χ0) is 20.5. The summed E-state index contributed by atoms with van der Waals surface area (Å²) in [4.78, 5) is 10.5. The molecule has 1 saturated heterocycles. The summed E-state index contributed by atoms with van der Waals surface area (Å²) in [5, 5.41) is 2.57. The Hall–Kier alpha value is -2.17. The monoisotopic (exact) mass is 402 g/mol. The van der Waals surface area contributed by atoms with Crippen molar-refractivity contribution in [3.63, 3.8) is 0 Å². The van der Waals surface area contributed by atoms with Gasteiger partial charge >= 0.3 is 0 Å². The van der Waals surface area contributed by atoms with Gasteiger partial charge in [-0.05, 0) is 57.0 Å². The number of imidazole rings is 1. The molecule has 0 atom stereocenters. The van der Waals surface area contributed by atoms with Crippen molar-refractivity contribution in [3.05, 3.63) is 53.9 Å². The molecule has 0 amide bonds. The SMILES string of the molecule is CCn1c(-c2cccc3ccccc23)nc(C)c1CN1CCCN(C2CCC2)CC1. The third-order valence-corrected chi connectivity index (χ3v) is 7.21. The third-order valence-electron chi connectivity index (χ3n) is 7.21. The largest absolute Gasteiger partial charge is 0.327 e.